The van der Waals surface area contributed by atoms with Crippen LogP contribution in [-0.2, 0) is 14.3 Å². The summed E-state index contributed by atoms with van der Waals surface area (Å²) in [5.74, 6) is 0.897. The summed E-state index contributed by atoms with van der Waals surface area (Å²) in [5.41, 5.74) is 0. The molecule has 0 spiro atoms. The van der Waals surface area contributed by atoms with E-state index in [1.807, 2.05) is 20.1 Å². The second-order valence-electron chi connectivity index (χ2n) is 2.89. The van der Waals surface area contributed by atoms with Crippen LogP contribution in [0.1, 0.15) is 20.3 Å². The molecule has 0 aliphatic heterocycles. The Balaban J connectivity index is 3.62. The number of hydrogen-bond donors (Lipinski definition) is 1. The Hall–Kier alpha value is -0.260. The summed E-state index contributed by atoms with van der Waals surface area (Å²) in [6, 6.07) is 0. The number of thioether (sulfide) groups is 1. The van der Waals surface area contributed by atoms with E-state index in [0.29, 0.717) is 26.2 Å². The molecule has 0 aromatic rings. The molecule has 0 aliphatic rings. The molecule has 4 nitrogen and oxygen atoms in total. The lowest BCUT2D eigenvalue weighted by atomic mass is 10.4. The maximum Gasteiger partial charge on any atom is 0.221 e. The van der Waals surface area contributed by atoms with Crippen molar-refractivity contribution < 1.29 is 14.3 Å². The highest BCUT2D eigenvalue weighted by molar-refractivity contribution is 7.98. The predicted octanol–water partition coefficient (Wildman–Crippen LogP) is 1.25. The van der Waals surface area contributed by atoms with Crippen LogP contribution < -0.4 is 5.32 Å². The van der Waals surface area contributed by atoms with E-state index in [2.05, 4.69) is 5.32 Å². The highest BCUT2D eigenvalue weighted by Gasteiger charge is 2.09. The first-order valence-corrected chi connectivity index (χ1v) is 6.62. The maximum atomic E-state index is 11.3. The first-order chi connectivity index (χ1) is 7.24. The Morgan fingerprint density at radius 2 is 1.93 bits per heavy atom. The van der Waals surface area contributed by atoms with Crippen LogP contribution in [0.25, 0.3) is 0 Å². The van der Waals surface area contributed by atoms with Gasteiger partial charge in [0.15, 0.2) is 6.29 Å². The molecule has 15 heavy (non-hydrogen) atoms. The molecule has 1 amide bonds. The second kappa shape index (κ2) is 10.3. The lowest BCUT2D eigenvalue weighted by Gasteiger charge is -2.17. The van der Waals surface area contributed by atoms with Gasteiger partial charge in [-0.15, -0.1) is 0 Å². The normalized spacial score (nSPS) is 10.7. The highest BCUT2D eigenvalue weighted by Crippen LogP contribution is 1.96. The van der Waals surface area contributed by atoms with Crippen molar-refractivity contribution >= 4 is 17.7 Å². The average molecular weight is 235 g/mol. The van der Waals surface area contributed by atoms with Crippen molar-refractivity contribution in [3.05, 3.63) is 0 Å². The van der Waals surface area contributed by atoms with Crippen molar-refractivity contribution in [2.24, 2.45) is 0 Å². The predicted molar refractivity (Wildman–Crippen MR) is 63.0 cm³/mol. The number of amides is 1. The number of hydrogen-bond acceptors (Lipinski definition) is 4. The van der Waals surface area contributed by atoms with Gasteiger partial charge in [0.05, 0.1) is 6.54 Å². The Morgan fingerprint density at radius 3 is 2.40 bits per heavy atom. The third-order valence-electron chi connectivity index (χ3n) is 1.70. The van der Waals surface area contributed by atoms with E-state index in [4.69, 9.17) is 9.47 Å². The van der Waals surface area contributed by atoms with Crippen LogP contribution in [0.15, 0.2) is 0 Å². The van der Waals surface area contributed by atoms with Crippen LogP contribution in [0.3, 0.4) is 0 Å². The van der Waals surface area contributed by atoms with Gasteiger partial charge < -0.3 is 14.8 Å². The van der Waals surface area contributed by atoms with E-state index < -0.39 is 0 Å². The average Bonchev–Trinajstić information content (AvgIpc) is 2.23. The molecule has 0 bridgehead atoms. The topological polar surface area (TPSA) is 47.6 Å². The number of nitrogens with one attached hydrogen (secondary N) is 1. The molecule has 0 aromatic heterocycles. The van der Waals surface area contributed by atoms with Crippen molar-refractivity contribution in [2.75, 3.05) is 31.8 Å². The van der Waals surface area contributed by atoms with Crippen molar-refractivity contribution in [1.82, 2.24) is 5.32 Å². The Labute approximate surface area is 96.1 Å². The van der Waals surface area contributed by atoms with E-state index in [9.17, 15) is 4.79 Å². The molecule has 0 aromatic carbocycles. The number of rotatable bonds is 9. The van der Waals surface area contributed by atoms with Crippen LogP contribution in [-0.4, -0.2) is 44.0 Å². The van der Waals surface area contributed by atoms with Crippen molar-refractivity contribution in [1.29, 1.82) is 0 Å². The Morgan fingerprint density at radius 1 is 1.33 bits per heavy atom. The third kappa shape index (κ3) is 8.72. The summed E-state index contributed by atoms with van der Waals surface area (Å²) < 4.78 is 10.6. The molecule has 5 heteroatoms. The van der Waals surface area contributed by atoms with E-state index in [1.54, 1.807) is 11.8 Å². The zero-order chi connectivity index (χ0) is 11.5. The van der Waals surface area contributed by atoms with Crippen molar-refractivity contribution in [2.45, 2.75) is 26.6 Å². The van der Waals surface area contributed by atoms with E-state index in [0.717, 1.165) is 5.75 Å². The van der Waals surface area contributed by atoms with Crippen LogP contribution in [0.4, 0.5) is 0 Å². The van der Waals surface area contributed by atoms with Gasteiger partial charge in [-0.1, -0.05) is 0 Å². The highest BCUT2D eigenvalue weighted by atomic mass is 32.2. The third-order valence-corrected chi connectivity index (χ3v) is 2.32. The summed E-state index contributed by atoms with van der Waals surface area (Å²) in [6.07, 6.45) is 2.21. The fraction of sp³-hybridized carbons (Fsp3) is 0.900. The van der Waals surface area contributed by atoms with Gasteiger partial charge in [-0.05, 0) is 20.1 Å². The number of carbonyl (C=O) groups excluding carboxylic acids is 1. The lowest BCUT2D eigenvalue weighted by Crippen LogP contribution is -2.35. The summed E-state index contributed by atoms with van der Waals surface area (Å²) in [5, 5.41) is 2.78. The summed E-state index contributed by atoms with van der Waals surface area (Å²) in [7, 11) is 0. The molecular formula is C10H21NO3S. The van der Waals surface area contributed by atoms with Gasteiger partial charge in [-0.3, -0.25) is 4.79 Å². The van der Waals surface area contributed by atoms with Gasteiger partial charge in [-0.25, -0.2) is 0 Å². The van der Waals surface area contributed by atoms with E-state index in [-0.39, 0.29) is 12.2 Å². The molecule has 90 valence electrons. The Kier molecular flexibility index (Phi) is 10.1. The minimum atomic E-state index is -0.321. The van der Waals surface area contributed by atoms with Crippen LogP contribution in [0, 0.1) is 0 Å². The minimum Gasteiger partial charge on any atom is -0.351 e. The Bertz CT molecular complexity index is 161. The molecule has 0 unspecified atom stereocenters. The van der Waals surface area contributed by atoms with Crippen molar-refractivity contribution in [3.63, 3.8) is 0 Å². The summed E-state index contributed by atoms with van der Waals surface area (Å²) in [4.78, 5) is 11.3. The van der Waals surface area contributed by atoms with Gasteiger partial charge in [0.25, 0.3) is 0 Å². The molecule has 1 N–H and O–H groups in total. The maximum absolute atomic E-state index is 11.3. The first-order valence-electron chi connectivity index (χ1n) is 5.23. The number of ether oxygens (including phenoxy) is 2. The van der Waals surface area contributed by atoms with Crippen LogP contribution in [0.5, 0.6) is 0 Å². The molecule has 0 aliphatic carbocycles. The molecular weight excluding hydrogens is 214 g/mol. The minimum absolute atomic E-state index is 0.0498. The van der Waals surface area contributed by atoms with Crippen LogP contribution in [0.2, 0.25) is 0 Å². The summed E-state index contributed by atoms with van der Waals surface area (Å²) >= 11 is 1.66. The van der Waals surface area contributed by atoms with Crippen molar-refractivity contribution in [3.8, 4) is 0 Å². The lowest BCUT2D eigenvalue weighted by molar-refractivity contribution is -0.140. The van der Waals surface area contributed by atoms with Gasteiger partial charge in [0.1, 0.15) is 0 Å². The molecule has 0 fully saturated rings. The van der Waals surface area contributed by atoms with Gasteiger partial charge in [-0.2, -0.15) is 11.8 Å². The first kappa shape index (κ1) is 14.7. The molecule has 0 radical (unpaired) electrons. The van der Waals surface area contributed by atoms with E-state index in [1.165, 1.54) is 0 Å². The van der Waals surface area contributed by atoms with Crippen LogP contribution >= 0.6 is 11.8 Å². The SMILES string of the molecule is CCOC(CNC(=O)CCSC)OCC. The molecule has 0 heterocycles. The number of carbonyl (C=O) groups is 1. The summed E-state index contributed by atoms with van der Waals surface area (Å²) in [6.45, 7) is 5.41. The van der Waals surface area contributed by atoms with Gasteiger partial charge >= 0.3 is 0 Å². The standard InChI is InChI=1S/C10H21NO3S/c1-4-13-10(14-5-2)8-11-9(12)6-7-15-3/h10H,4-8H2,1-3H3,(H,11,12). The molecule has 0 atom stereocenters. The zero-order valence-corrected chi connectivity index (χ0v) is 10.6. The quantitative estimate of drug-likeness (QED) is 0.611. The van der Waals surface area contributed by atoms with Gasteiger partial charge in [0, 0.05) is 25.4 Å². The smallest absolute Gasteiger partial charge is 0.221 e. The molecule has 0 saturated carbocycles. The van der Waals surface area contributed by atoms with Gasteiger partial charge in [0.2, 0.25) is 5.91 Å². The fourth-order valence-corrected chi connectivity index (χ4v) is 1.41. The fourth-order valence-electron chi connectivity index (χ4n) is 1.02. The largest absolute Gasteiger partial charge is 0.351 e. The van der Waals surface area contributed by atoms with E-state index >= 15 is 0 Å². The molecule has 0 saturated heterocycles. The zero-order valence-electron chi connectivity index (χ0n) is 9.75. The second-order valence-corrected chi connectivity index (χ2v) is 3.87. The monoisotopic (exact) mass is 235 g/mol. The molecule has 0 rings (SSSR count).